The largest absolute Gasteiger partial charge is 0.490 e. The second kappa shape index (κ2) is 9.46. The van der Waals surface area contributed by atoms with Crippen LogP contribution >= 0.6 is 35.4 Å². The third-order valence-corrected chi connectivity index (χ3v) is 3.68. The summed E-state index contributed by atoms with van der Waals surface area (Å²) in [5, 5.41) is 4.67. The number of thiocarbonyl (C=S) groups is 1. The lowest BCUT2D eigenvalue weighted by molar-refractivity contribution is 0.217. The maximum atomic E-state index is 6.21. The predicted molar refractivity (Wildman–Crippen MR) is 106 cm³/mol. The van der Waals surface area contributed by atoms with E-state index < -0.39 is 0 Å². The molecule has 3 N–H and O–H groups in total. The minimum Gasteiger partial charge on any atom is -0.490 e. The molecule has 0 radical (unpaired) electrons. The number of hydrogen-bond donors (Lipinski definition) is 2. The number of nitrogens with zero attached hydrogens (tertiary/aromatic N) is 1. The fourth-order valence-corrected chi connectivity index (χ4v) is 2.57. The zero-order valence-corrected chi connectivity index (χ0v) is 15.8. The van der Waals surface area contributed by atoms with Crippen molar-refractivity contribution in [3.63, 3.8) is 0 Å². The van der Waals surface area contributed by atoms with E-state index in [0.717, 1.165) is 5.75 Å². The molecule has 2 aromatic rings. The second-order valence-corrected chi connectivity index (χ2v) is 6.31. The standard InChI is InChI=1S/C17H17Cl2N3O2S/c1-11-2-4-13(5-3-11)23-6-7-24-16-14(18)8-12(9-15(16)19)10-21-22-17(20)25/h2-5,8-10H,6-7H2,1H3,(H3,20,22,25)/b21-10+. The van der Waals surface area contributed by atoms with Crippen LogP contribution in [0.4, 0.5) is 0 Å². The molecule has 0 saturated carbocycles. The maximum Gasteiger partial charge on any atom is 0.184 e. The van der Waals surface area contributed by atoms with Crippen LogP contribution in [0.2, 0.25) is 10.0 Å². The molecule has 0 amide bonds. The number of nitrogens with two attached hydrogens (primary N) is 1. The van der Waals surface area contributed by atoms with Crippen LogP contribution in [-0.4, -0.2) is 24.5 Å². The summed E-state index contributed by atoms with van der Waals surface area (Å²) in [7, 11) is 0. The Labute approximate surface area is 161 Å². The molecule has 5 nitrogen and oxygen atoms in total. The summed E-state index contributed by atoms with van der Waals surface area (Å²) in [6, 6.07) is 11.1. The van der Waals surface area contributed by atoms with E-state index in [1.807, 2.05) is 31.2 Å². The van der Waals surface area contributed by atoms with Gasteiger partial charge in [0.25, 0.3) is 0 Å². The summed E-state index contributed by atoms with van der Waals surface area (Å²) in [5.41, 5.74) is 9.59. The monoisotopic (exact) mass is 397 g/mol. The number of halogens is 2. The van der Waals surface area contributed by atoms with Crippen molar-refractivity contribution < 1.29 is 9.47 Å². The molecule has 2 rings (SSSR count). The van der Waals surface area contributed by atoms with Gasteiger partial charge in [-0.15, -0.1) is 0 Å². The fraction of sp³-hybridized carbons (Fsp3) is 0.176. The third kappa shape index (κ3) is 6.42. The summed E-state index contributed by atoms with van der Waals surface area (Å²) < 4.78 is 11.2. The predicted octanol–water partition coefficient (Wildman–Crippen LogP) is 3.93. The highest BCUT2D eigenvalue weighted by Gasteiger charge is 2.09. The second-order valence-electron chi connectivity index (χ2n) is 5.06. The van der Waals surface area contributed by atoms with E-state index in [1.54, 1.807) is 12.1 Å². The van der Waals surface area contributed by atoms with Gasteiger partial charge in [0.2, 0.25) is 0 Å². The summed E-state index contributed by atoms with van der Waals surface area (Å²) in [6.07, 6.45) is 1.50. The van der Waals surface area contributed by atoms with Gasteiger partial charge in [-0.1, -0.05) is 40.9 Å². The van der Waals surface area contributed by atoms with Gasteiger partial charge in [-0.05, 0) is 49.0 Å². The molecule has 0 atom stereocenters. The average molecular weight is 398 g/mol. The lowest BCUT2D eigenvalue weighted by Crippen LogP contribution is -2.23. The fourth-order valence-electron chi connectivity index (χ4n) is 1.90. The highest BCUT2D eigenvalue weighted by Crippen LogP contribution is 2.33. The number of ether oxygens (including phenoxy) is 2. The molecular formula is C17H17Cl2N3O2S. The Hall–Kier alpha value is -2.02. The molecule has 132 valence electrons. The molecule has 0 heterocycles. The SMILES string of the molecule is Cc1ccc(OCCOc2c(Cl)cc(/C=N/NC(N)=S)cc2Cl)cc1. The van der Waals surface area contributed by atoms with E-state index in [2.05, 4.69) is 22.7 Å². The van der Waals surface area contributed by atoms with E-state index in [9.17, 15) is 0 Å². The Balaban J connectivity index is 1.90. The van der Waals surface area contributed by atoms with Crippen molar-refractivity contribution in [2.24, 2.45) is 10.8 Å². The van der Waals surface area contributed by atoms with E-state index >= 15 is 0 Å². The molecule has 0 unspecified atom stereocenters. The van der Waals surface area contributed by atoms with Gasteiger partial charge in [-0.25, -0.2) is 0 Å². The van der Waals surface area contributed by atoms with Gasteiger partial charge in [-0.3, -0.25) is 5.43 Å². The first kappa shape index (κ1) is 19.3. The molecule has 0 saturated heterocycles. The van der Waals surface area contributed by atoms with Gasteiger partial charge in [-0.2, -0.15) is 5.10 Å². The molecule has 0 bridgehead atoms. The molecule has 25 heavy (non-hydrogen) atoms. The van der Waals surface area contributed by atoms with Crippen molar-refractivity contribution in [3.05, 3.63) is 57.6 Å². The van der Waals surface area contributed by atoms with Gasteiger partial charge in [0.15, 0.2) is 10.9 Å². The topological polar surface area (TPSA) is 68.9 Å². The summed E-state index contributed by atoms with van der Waals surface area (Å²) in [4.78, 5) is 0. The Morgan fingerprint density at radius 1 is 1.16 bits per heavy atom. The van der Waals surface area contributed by atoms with Crippen molar-refractivity contribution in [3.8, 4) is 11.5 Å². The number of nitrogens with one attached hydrogen (secondary N) is 1. The number of benzene rings is 2. The number of aryl methyl sites for hydroxylation is 1. The molecule has 2 aromatic carbocycles. The molecular weight excluding hydrogens is 381 g/mol. The van der Waals surface area contributed by atoms with Gasteiger partial charge >= 0.3 is 0 Å². The lowest BCUT2D eigenvalue weighted by atomic mass is 10.2. The van der Waals surface area contributed by atoms with Crippen LogP contribution in [0.3, 0.4) is 0 Å². The van der Waals surface area contributed by atoms with Crippen LogP contribution in [0, 0.1) is 6.92 Å². The molecule has 8 heteroatoms. The Morgan fingerprint density at radius 2 is 1.76 bits per heavy atom. The van der Waals surface area contributed by atoms with Crippen molar-refractivity contribution >= 4 is 46.7 Å². The highest BCUT2D eigenvalue weighted by atomic mass is 35.5. The van der Waals surface area contributed by atoms with E-state index in [0.29, 0.717) is 34.6 Å². The molecule has 0 aliphatic carbocycles. The van der Waals surface area contributed by atoms with Gasteiger partial charge in [0, 0.05) is 0 Å². The molecule has 0 aliphatic rings. The zero-order valence-electron chi connectivity index (χ0n) is 13.5. The average Bonchev–Trinajstić information content (AvgIpc) is 2.55. The Bertz CT molecular complexity index is 744. The molecule has 0 aromatic heterocycles. The van der Waals surface area contributed by atoms with Crippen LogP contribution in [0.1, 0.15) is 11.1 Å². The maximum absolute atomic E-state index is 6.21. The van der Waals surface area contributed by atoms with Crippen molar-refractivity contribution in [2.45, 2.75) is 6.92 Å². The van der Waals surface area contributed by atoms with Crippen LogP contribution in [0.25, 0.3) is 0 Å². The normalized spacial score (nSPS) is 10.7. The van der Waals surface area contributed by atoms with Crippen molar-refractivity contribution in [2.75, 3.05) is 13.2 Å². The Morgan fingerprint density at radius 3 is 2.36 bits per heavy atom. The Kier molecular flexibility index (Phi) is 7.31. The first-order valence-corrected chi connectivity index (χ1v) is 8.52. The van der Waals surface area contributed by atoms with E-state index in [1.165, 1.54) is 11.8 Å². The first-order valence-electron chi connectivity index (χ1n) is 7.35. The lowest BCUT2D eigenvalue weighted by Gasteiger charge is -2.12. The number of hydrogen-bond acceptors (Lipinski definition) is 4. The molecule has 0 aliphatic heterocycles. The van der Waals surface area contributed by atoms with Crippen LogP contribution in [-0.2, 0) is 0 Å². The van der Waals surface area contributed by atoms with E-state index in [-0.39, 0.29) is 5.11 Å². The van der Waals surface area contributed by atoms with Crippen LogP contribution in [0.5, 0.6) is 11.5 Å². The summed E-state index contributed by atoms with van der Waals surface area (Å²) >= 11 is 17.1. The molecule has 0 spiro atoms. The van der Waals surface area contributed by atoms with Gasteiger partial charge in [0.05, 0.1) is 16.3 Å². The first-order chi connectivity index (χ1) is 12.0. The highest BCUT2D eigenvalue weighted by molar-refractivity contribution is 7.80. The van der Waals surface area contributed by atoms with E-state index in [4.69, 9.17) is 38.4 Å². The quantitative estimate of drug-likeness (QED) is 0.320. The van der Waals surface area contributed by atoms with Gasteiger partial charge in [0.1, 0.15) is 19.0 Å². The molecule has 0 fully saturated rings. The minimum absolute atomic E-state index is 0.0713. The summed E-state index contributed by atoms with van der Waals surface area (Å²) in [5.74, 6) is 1.18. The third-order valence-electron chi connectivity index (χ3n) is 3.03. The van der Waals surface area contributed by atoms with Crippen LogP contribution < -0.4 is 20.6 Å². The number of rotatable bonds is 7. The van der Waals surface area contributed by atoms with Crippen LogP contribution in [0.15, 0.2) is 41.5 Å². The summed E-state index contributed by atoms with van der Waals surface area (Å²) in [6.45, 7) is 2.70. The number of hydrazone groups is 1. The smallest absolute Gasteiger partial charge is 0.184 e. The van der Waals surface area contributed by atoms with Crippen molar-refractivity contribution in [1.29, 1.82) is 0 Å². The zero-order chi connectivity index (χ0) is 18.2. The van der Waals surface area contributed by atoms with Crippen molar-refractivity contribution in [1.82, 2.24) is 5.43 Å². The van der Waals surface area contributed by atoms with Gasteiger partial charge < -0.3 is 15.2 Å². The minimum atomic E-state index is 0.0713.